The fourth-order valence-corrected chi connectivity index (χ4v) is 3.11. The molecule has 1 unspecified atom stereocenters. The van der Waals surface area contributed by atoms with Crippen LogP contribution in [0.5, 0.6) is 0 Å². The van der Waals surface area contributed by atoms with Crippen molar-refractivity contribution in [3.05, 3.63) is 52.6 Å². The van der Waals surface area contributed by atoms with Gasteiger partial charge in [0.2, 0.25) is 0 Å². The molecule has 0 bridgehead atoms. The molecule has 0 heterocycles. The normalized spacial score (nSPS) is 19.2. The van der Waals surface area contributed by atoms with Gasteiger partial charge in [-0.1, -0.05) is 56.2 Å². The predicted molar refractivity (Wildman–Crippen MR) is 93.9 cm³/mol. The van der Waals surface area contributed by atoms with Crippen LogP contribution in [0.2, 0.25) is 0 Å². The van der Waals surface area contributed by atoms with E-state index in [-0.39, 0.29) is 0 Å². The van der Waals surface area contributed by atoms with Gasteiger partial charge >= 0.3 is 0 Å². The lowest BCUT2D eigenvalue weighted by Gasteiger charge is -2.16. The summed E-state index contributed by atoms with van der Waals surface area (Å²) in [6.07, 6.45) is 4.73. The zero-order valence-corrected chi connectivity index (χ0v) is 14.0. The number of nitrogens with zero attached hydrogens (tertiary/aromatic N) is 1. The van der Waals surface area contributed by atoms with Crippen LogP contribution >= 0.6 is 0 Å². The van der Waals surface area contributed by atoms with Gasteiger partial charge < -0.3 is 0 Å². The molecule has 1 aromatic rings. The second kappa shape index (κ2) is 6.89. The van der Waals surface area contributed by atoms with Crippen molar-refractivity contribution in [1.82, 2.24) is 0 Å². The molecule has 2 rings (SSSR count). The molecule has 0 aromatic heterocycles. The molecular weight excluding hydrogens is 254 g/mol. The Hall–Kier alpha value is -1.63. The largest absolute Gasteiger partial charge is 0.289 e. The fourth-order valence-electron chi connectivity index (χ4n) is 3.11. The van der Waals surface area contributed by atoms with Crippen LogP contribution in [0.3, 0.4) is 0 Å². The number of rotatable bonds is 5. The van der Waals surface area contributed by atoms with Crippen LogP contribution < -0.4 is 0 Å². The second-order valence-electron chi connectivity index (χ2n) is 6.04. The molecule has 0 amide bonds. The van der Waals surface area contributed by atoms with Crippen LogP contribution in [0, 0.1) is 5.92 Å². The van der Waals surface area contributed by atoms with E-state index in [0.717, 1.165) is 18.7 Å². The third-order valence-corrected chi connectivity index (χ3v) is 4.42. The highest BCUT2D eigenvalue weighted by molar-refractivity contribution is 6.03. The maximum Gasteiger partial charge on any atom is 0.0395 e. The van der Waals surface area contributed by atoms with Gasteiger partial charge in [-0.3, -0.25) is 4.99 Å². The smallest absolute Gasteiger partial charge is 0.0395 e. The Balaban J connectivity index is 2.41. The van der Waals surface area contributed by atoms with E-state index < -0.39 is 0 Å². The average molecular weight is 281 g/mol. The highest BCUT2D eigenvalue weighted by Gasteiger charge is 2.21. The molecule has 1 atom stereocenters. The van der Waals surface area contributed by atoms with Crippen molar-refractivity contribution in [3.63, 3.8) is 0 Å². The molecule has 0 saturated carbocycles. The van der Waals surface area contributed by atoms with Gasteiger partial charge in [0.05, 0.1) is 0 Å². The van der Waals surface area contributed by atoms with E-state index in [1.54, 1.807) is 0 Å². The summed E-state index contributed by atoms with van der Waals surface area (Å²) < 4.78 is 0. The summed E-state index contributed by atoms with van der Waals surface area (Å²) in [5.41, 5.74) is 8.11. The van der Waals surface area contributed by atoms with E-state index in [0.29, 0.717) is 5.92 Å². The predicted octanol–water partition coefficient (Wildman–Crippen LogP) is 5.67. The van der Waals surface area contributed by atoms with Crippen molar-refractivity contribution in [1.29, 1.82) is 0 Å². The third-order valence-electron chi connectivity index (χ3n) is 4.42. The maximum atomic E-state index is 4.76. The van der Waals surface area contributed by atoms with Gasteiger partial charge in [-0.05, 0) is 43.9 Å². The van der Waals surface area contributed by atoms with Crippen LogP contribution in [0.15, 0.2) is 46.5 Å². The molecule has 1 nitrogen and oxygen atoms in total. The molecule has 0 fully saturated rings. The van der Waals surface area contributed by atoms with Crippen molar-refractivity contribution in [2.24, 2.45) is 10.9 Å². The summed E-state index contributed by atoms with van der Waals surface area (Å²) >= 11 is 0. The highest BCUT2D eigenvalue weighted by atomic mass is 14.7. The first kappa shape index (κ1) is 15.8. The zero-order chi connectivity index (χ0) is 15.4. The van der Waals surface area contributed by atoms with Crippen molar-refractivity contribution in [2.75, 3.05) is 6.54 Å². The summed E-state index contributed by atoms with van der Waals surface area (Å²) in [5, 5.41) is 0. The summed E-state index contributed by atoms with van der Waals surface area (Å²) in [7, 11) is 0. The molecule has 112 valence electrons. The Bertz CT molecular complexity index is 602. The van der Waals surface area contributed by atoms with Gasteiger partial charge in [-0.2, -0.15) is 0 Å². The Morgan fingerprint density at radius 2 is 1.90 bits per heavy atom. The molecular formula is C20H27N. The van der Waals surface area contributed by atoms with E-state index in [1.807, 2.05) is 0 Å². The number of unbranched alkanes of at least 4 members (excludes halogenated alkanes) is 1. The van der Waals surface area contributed by atoms with E-state index in [1.165, 1.54) is 34.3 Å². The van der Waals surface area contributed by atoms with Gasteiger partial charge in [0.15, 0.2) is 0 Å². The quantitative estimate of drug-likeness (QED) is 0.487. The van der Waals surface area contributed by atoms with Crippen molar-refractivity contribution in [2.45, 2.75) is 47.5 Å². The summed E-state index contributed by atoms with van der Waals surface area (Å²) in [4.78, 5) is 4.76. The van der Waals surface area contributed by atoms with Gasteiger partial charge in [-0.15, -0.1) is 0 Å². The van der Waals surface area contributed by atoms with E-state index in [4.69, 9.17) is 4.99 Å². The molecule has 1 aromatic carbocycles. The van der Waals surface area contributed by atoms with Crippen LogP contribution in [0.4, 0.5) is 0 Å². The molecule has 0 spiro atoms. The van der Waals surface area contributed by atoms with Gasteiger partial charge in [0.25, 0.3) is 0 Å². The van der Waals surface area contributed by atoms with Gasteiger partial charge in [-0.25, -0.2) is 0 Å². The van der Waals surface area contributed by atoms with Gasteiger partial charge in [0.1, 0.15) is 0 Å². The Labute approximate surface area is 129 Å². The highest BCUT2D eigenvalue weighted by Crippen LogP contribution is 2.38. The SMILES string of the molecule is CCCCN=C(C)c1ccccc1C1=C(C)C(C)=CC1C. The van der Waals surface area contributed by atoms with Crippen LogP contribution in [0.25, 0.3) is 5.57 Å². The van der Waals surface area contributed by atoms with E-state index >= 15 is 0 Å². The first-order valence-corrected chi connectivity index (χ1v) is 8.06. The lowest BCUT2D eigenvalue weighted by atomic mass is 9.89. The zero-order valence-electron chi connectivity index (χ0n) is 14.0. The van der Waals surface area contributed by atoms with Crippen molar-refractivity contribution in [3.8, 4) is 0 Å². The summed E-state index contributed by atoms with van der Waals surface area (Å²) in [6, 6.07) is 8.71. The molecule has 1 heteroatoms. The first-order chi connectivity index (χ1) is 10.1. The monoisotopic (exact) mass is 281 g/mol. The molecule has 1 aliphatic carbocycles. The van der Waals surface area contributed by atoms with E-state index in [2.05, 4.69) is 65.0 Å². The number of benzene rings is 1. The van der Waals surface area contributed by atoms with Crippen LogP contribution in [-0.2, 0) is 0 Å². The molecule has 1 aliphatic rings. The van der Waals surface area contributed by atoms with Crippen molar-refractivity contribution >= 4 is 11.3 Å². The number of aliphatic imine (C=N–C) groups is 1. The standard InChI is InChI=1S/C20H27N/c1-6-7-12-21-17(5)18-10-8-9-11-19(18)20-15(3)13-14(2)16(20)4/h8-11,13,15H,6-7,12H2,1-5H3. The van der Waals surface area contributed by atoms with Crippen molar-refractivity contribution < 1.29 is 0 Å². The summed E-state index contributed by atoms with van der Waals surface area (Å²) in [5.74, 6) is 0.495. The molecule has 0 N–H and O–H groups in total. The van der Waals surface area contributed by atoms with E-state index in [9.17, 15) is 0 Å². The third kappa shape index (κ3) is 3.34. The number of allylic oxidation sites excluding steroid dienone is 4. The van der Waals surface area contributed by atoms with Crippen LogP contribution in [0.1, 0.15) is 58.6 Å². The molecule has 0 aliphatic heterocycles. The average Bonchev–Trinajstić information content (AvgIpc) is 2.72. The second-order valence-corrected chi connectivity index (χ2v) is 6.04. The minimum absolute atomic E-state index is 0.495. The Kier molecular flexibility index (Phi) is 5.17. The summed E-state index contributed by atoms with van der Waals surface area (Å²) in [6.45, 7) is 12.0. The molecule has 21 heavy (non-hydrogen) atoms. The first-order valence-electron chi connectivity index (χ1n) is 8.06. The van der Waals surface area contributed by atoms with Gasteiger partial charge in [0, 0.05) is 23.7 Å². The fraction of sp³-hybridized carbons (Fsp3) is 0.450. The Morgan fingerprint density at radius 3 is 2.52 bits per heavy atom. The maximum absolute atomic E-state index is 4.76. The van der Waals surface area contributed by atoms with Crippen LogP contribution in [-0.4, -0.2) is 12.3 Å². The molecule has 0 saturated heterocycles. The number of hydrogen-bond acceptors (Lipinski definition) is 1. The minimum atomic E-state index is 0.495. The molecule has 0 radical (unpaired) electrons. The number of hydrogen-bond donors (Lipinski definition) is 0. The lowest BCUT2D eigenvalue weighted by Crippen LogP contribution is -2.04. The Morgan fingerprint density at radius 1 is 1.19 bits per heavy atom. The lowest BCUT2D eigenvalue weighted by molar-refractivity contribution is 0.808. The topological polar surface area (TPSA) is 12.4 Å². The minimum Gasteiger partial charge on any atom is -0.289 e.